The molecule has 0 aromatic carbocycles. The molecule has 0 rings (SSSR count). The van der Waals surface area contributed by atoms with Crippen molar-refractivity contribution < 1.29 is 0 Å². The lowest BCUT2D eigenvalue weighted by atomic mass is 10.1. The summed E-state index contributed by atoms with van der Waals surface area (Å²) in [5, 5.41) is 0. The third kappa shape index (κ3) is 14.5. The molecule has 0 bridgehead atoms. The monoisotopic (exact) mass is 187 g/mol. The maximum atomic E-state index is 3.76. The largest absolute Gasteiger partial charge is 0.303 e. The Balaban J connectivity index is -0.000000218. The molecule has 0 aliphatic rings. The molecule has 0 saturated carbocycles. The van der Waals surface area contributed by atoms with Crippen LogP contribution in [0.25, 0.3) is 0 Å². The second kappa shape index (κ2) is 17.7. The van der Waals surface area contributed by atoms with Gasteiger partial charge in [-0.1, -0.05) is 47.1 Å². The minimum atomic E-state index is 0.565. The molecule has 1 atom stereocenters. The second-order valence-electron chi connectivity index (χ2n) is 2.56. The maximum Gasteiger partial charge on any atom is 0.0269 e. The van der Waals surface area contributed by atoms with Gasteiger partial charge in [0.15, 0.2) is 0 Å². The van der Waals surface area contributed by atoms with Gasteiger partial charge in [-0.05, 0) is 20.5 Å². The molecule has 1 heteroatoms. The quantitative estimate of drug-likeness (QED) is 0.602. The van der Waals surface area contributed by atoms with Crippen LogP contribution in [0.15, 0.2) is 12.7 Å². The van der Waals surface area contributed by atoms with E-state index in [1.165, 1.54) is 12.8 Å². The van der Waals surface area contributed by atoms with Crippen molar-refractivity contribution in [1.29, 1.82) is 0 Å². The molecule has 13 heavy (non-hydrogen) atoms. The molecule has 0 N–H and O–H groups in total. The topological polar surface area (TPSA) is 3.24 Å². The summed E-state index contributed by atoms with van der Waals surface area (Å²) in [6.07, 6.45) is 4.45. The minimum absolute atomic E-state index is 0.565. The third-order valence-corrected chi connectivity index (χ3v) is 1.52. The van der Waals surface area contributed by atoms with Crippen LogP contribution < -0.4 is 0 Å². The Kier molecular flexibility index (Phi) is 25.2. The molecule has 0 radical (unpaired) electrons. The van der Waals surface area contributed by atoms with E-state index in [2.05, 4.69) is 32.5 Å². The van der Waals surface area contributed by atoms with Crippen molar-refractivity contribution in [2.45, 2.75) is 53.5 Å². The number of nitrogens with zero attached hydrogens (tertiary/aromatic N) is 1. The molecule has 0 aromatic heterocycles. The minimum Gasteiger partial charge on any atom is -0.303 e. The smallest absolute Gasteiger partial charge is 0.0269 e. The summed E-state index contributed by atoms with van der Waals surface area (Å²) in [5.41, 5.74) is 0. The number of hydrogen-bond donors (Lipinski definition) is 0. The summed E-state index contributed by atoms with van der Waals surface area (Å²) in [7, 11) is 4.17. The van der Waals surface area contributed by atoms with Crippen LogP contribution in [-0.2, 0) is 0 Å². The Bertz CT molecular complexity index is 77.2. The van der Waals surface area contributed by atoms with E-state index in [1.807, 2.05) is 33.8 Å². The van der Waals surface area contributed by atoms with Gasteiger partial charge in [0.25, 0.3) is 0 Å². The molecule has 82 valence electrons. The van der Waals surface area contributed by atoms with Gasteiger partial charge in [0.2, 0.25) is 0 Å². The lowest BCUT2D eigenvalue weighted by molar-refractivity contribution is 0.326. The van der Waals surface area contributed by atoms with E-state index >= 15 is 0 Å². The highest BCUT2D eigenvalue weighted by Crippen LogP contribution is 2.02. The average molecular weight is 187 g/mol. The van der Waals surface area contributed by atoms with E-state index in [4.69, 9.17) is 0 Å². The molecule has 0 amide bonds. The highest BCUT2D eigenvalue weighted by molar-refractivity contribution is 4.84. The van der Waals surface area contributed by atoms with Crippen LogP contribution in [-0.4, -0.2) is 25.0 Å². The van der Waals surface area contributed by atoms with Crippen LogP contribution in [0.3, 0.4) is 0 Å². The molecule has 0 fully saturated rings. The van der Waals surface area contributed by atoms with Gasteiger partial charge in [-0.25, -0.2) is 0 Å². The first kappa shape index (κ1) is 18.5. The third-order valence-electron chi connectivity index (χ3n) is 1.52. The average Bonchev–Trinajstić information content (AvgIpc) is 2.20. The van der Waals surface area contributed by atoms with Crippen molar-refractivity contribution >= 4 is 0 Å². The Morgan fingerprint density at radius 2 is 1.54 bits per heavy atom. The van der Waals surface area contributed by atoms with E-state index in [1.54, 1.807) is 0 Å². The summed E-state index contributed by atoms with van der Waals surface area (Å²) >= 11 is 0. The summed E-state index contributed by atoms with van der Waals surface area (Å²) in [6, 6.07) is 0.565. The van der Waals surface area contributed by atoms with Crippen LogP contribution in [0.5, 0.6) is 0 Å². The molecule has 0 heterocycles. The molecule has 0 spiro atoms. The normalized spacial score (nSPS) is 10.5. The predicted molar refractivity (Wildman–Crippen MR) is 65.3 cm³/mol. The first-order chi connectivity index (χ1) is 6.22. The Morgan fingerprint density at radius 3 is 1.62 bits per heavy atom. The fourth-order valence-electron chi connectivity index (χ4n) is 0.883. The molecule has 1 unspecified atom stereocenters. The summed E-state index contributed by atoms with van der Waals surface area (Å²) in [6.45, 7) is 14.0. The SMILES string of the molecule is C=CC(CCC)N(C)C.CC.CC. The predicted octanol–water partition coefficient (Wildman–Crippen LogP) is 3.96. The van der Waals surface area contributed by atoms with Gasteiger partial charge < -0.3 is 4.90 Å². The van der Waals surface area contributed by atoms with Crippen molar-refractivity contribution in [3.8, 4) is 0 Å². The molecule has 0 saturated heterocycles. The molecule has 1 nitrogen and oxygen atoms in total. The van der Waals surface area contributed by atoms with Gasteiger partial charge in [0, 0.05) is 6.04 Å². The van der Waals surface area contributed by atoms with Crippen LogP contribution in [0.2, 0.25) is 0 Å². The van der Waals surface area contributed by atoms with Gasteiger partial charge >= 0.3 is 0 Å². The fourth-order valence-corrected chi connectivity index (χ4v) is 0.883. The Morgan fingerprint density at radius 1 is 1.15 bits per heavy atom. The fraction of sp³-hybridized carbons (Fsp3) is 0.833. The highest BCUT2D eigenvalue weighted by atomic mass is 15.1. The summed E-state index contributed by atoms with van der Waals surface area (Å²) < 4.78 is 0. The van der Waals surface area contributed by atoms with Gasteiger partial charge in [-0.3, -0.25) is 0 Å². The van der Waals surface area contributed by atoms with E-state index in [0.717, 1.165) is 0 Å². The van der Waals surface area contributed by atoms with E-state index in [9.17, 15) is 0 Å². The van der Waals surface area contributed by atoms with Crippen molar-refractivity contribution in [3.05, 3.63) is 12.7 Å². The zero-order chi connectivity index (χ0) is 11.3. The standard InChI is InChI=1S/C8H17N.2C2H6/c1-5-7-8(6-2)9(3)4;2*1-2/h6,8H,2,5,7H2,1,3-4H3;2*1-2H3. The molecule has 0 aliphatic heterocycles. The highest BCUT2D eigenvalue weighted by Gasteiger charge is 2.02. The lowest BCUT2D eigenvalue weighted by Gasteiger charge is -2.19. The Hall–Kier alpha value is -0.300. The first-order valence-corrected chi connectivity index (χ1v) is 5.51. The maximum absolute atomic E-state index is 3.76. The van der Waals surface area contributed by atoms with Crippen molar-refractivity contribution in [2.75, 3.05) is 14.1 Å². The van der Waals surface area contributed by atoms with Crippen LogP contribution in [0, 0.1) is 0 Å². The number of hydrogen-bond acceptors (Lipinski definition) is 1. The van der Waals surface area contributed by atoms with Crippen LogP contribution in [0.1, 0.15) is 47.5 Å². The van der Waals surface area contributed by atoms with Gasteiger partial charge in [-0.2, -0.15) is 0 Å². The van der Waals surface area contributed by atoms with Crippen LogP contribution >= 0.6 is 0 Å². The summed E-state index contributed by atoms with van der Waals surface area (Å²) in [4.78, 5) is 2.19. The van der Waals surface area contributed by atoms with Gasteiger partial charge in [-0.15, -0.1) is 6.58 Å². The van der Waals surface area contributed by atoms with Gasteiger partial charge in [0.1, 0.15) is 0 Å². The van der Waals surface area contributed by atoms with Crippen molar-refractivity contribution in [2.24, 2.45) is 0 Å². The molecule has 0 aromatic rings. The van der Waals surface area contributed by atoms with Gasteiger partial charge in [0.05, 0.1) is 0 Å². The zero-order valence-electron chi connectivity index (χ0n) is 10.7. The molecular formula is C12H29N. The molecular weight excluding hydrogens is 158 g/mol. The van der Waals surface area contributed by atoms with E-state index in [0.29, 0.717) is 6.04 Å². The summed E-state index contributed by atoms with van der Waals surface area (Å²) in [5.74, 6) is 0. The van der Waals surface area contributed by atoms with Crippen LogP contribution in [0.4, 0.5) is 0 Å². The van der Waals surface area contributed by atoms with Crippen molar-refractivity contribution in [1.82, 2.24) is 4.90 Å². The Labute approximate surface area is 85.8 Å². The number of likely N-dealkylation sites (N-methyl/N-ethyl adjacent to an activating group) is 1. The van der Waals surface area contributed by atoms with Crippen molar-refractivity contribution in [3.63, 3.8) is 0 Å². The number of rotatable bonds is 4. The molecule has 0 aliphatic carbocycles. The van der Waals surface area contributed by atoms with E-state index < -0.39 is 0 Å². The van der Waals surface area contributed by atoms with E-state index in [-0.39, 0.29) is 0 Å². The first-order valence-electron chi connectivity index (χ1n) is 5.51. The lowest BCUT2D eigenvalue weighted by Crippen LogP contribution is -2.25. The zero-order valence-corrected chi connectivity index (χ0v) is 10.7. The second-order valence-corrected chi connectivity index (χ2v) is 2.56.